The van der Waals surface area contributed by atoms with Crippen molar-refractivity contribution in [3.8, 4) is 0 Å². The zero-order chi connectivity index (χ0) is 12.4. The lowest BCUT2D eigenvalue weighted by molar-refractivity contribution is -0.115. The van der Waals surface area contributed by atoms with Gasteiger partial charge in [-0.15, -0.1) is 24.2 Å². The summed E-state index contributed by atoms with van der Waals surface area (Å²) in [5.41, 5.74) is 3.66. The van der Waals surface area contributed by atoms with Gasteiger partial charge in [0.1, 0.15) is 0 Å². The van der Waals surface area contributed by atoms with Crippen LogP contribution < -0.4 is 10.6 Å². The number of hydrogen-bond donors (Lipinski definition) is 2. The summed E-state index contributed by atoms with van der Waals surface area (Å²) in [4.78, 5) is 12.0. The highest BCUT2D eigenvalue weighted by molar-refractivity contribution is 8.00. The van der Waals surface area contributed by atoms with Gasteiger partial charge in [0.25, 0.3) is 0 Å². The van der Waals surface area contributed by atoms with E-state index in [4.69, 9.17) is 0 Å². The molecule has 1 unspecified atom stereocenters. The van der Waals surface area contributed by atoms with Crippen LogP contribution in [0.4, 0.5) is 5.69 Å². The van der Waals surface area contributed by atoms with E-state index in [1.807, 2.05) is 6.07 Å². The Bertz CT molecular complexity index is 461. The molecule has 1 atom stereocenters. The number of fused-ring (bicyclic) bond motifs is 1. The van der Waals surface area contributed by atoms with E-state index in [2.05, 4.69) is 22.8 Å². The largest absolute Gasteiger partial charge is 0.325 e. The van der Waals surface area contributed by atoms with E-state index in [1.54, 1.807) is 11.8 Å². The molecule has 2 aliphatic rings. The van der Waals surface area contributed by atoms with Crippen LogP contribution in [-0.4, -0.2) is 23.5 Å². The summed E-state index contributed by atoms with van der Waals surface area (Å²) in [6.45, 7) is 1.97. The number of benzene rings is 1. The van der Waals surface area contributed by atoms with Crippen molar-refractivity contribution in [1.29, 1.82) is 0 Å². The summed E-state index contributed by atoms with van der Waals surface area (Å²) in [6, 6.07) is 6.29. The maximum Gasteiger partial charge on any atom is 0.237 e. The van der Waals surface area contributed by atoms with Gasteiger partial charge in [0.05, 0.1) is 5.25 Å². The molecule has 0 radical (unpaired) electrons. The van der Waals surface area contributed by atoms with E-state index in [0.29, 0.717) is 0 Å². The Kier molecular flexibility index (Phi) is 5.13. The third-order valence-electron chi connectivity index (χ3n) is 3.58. The zero-order valence-corrected chi connectivity index (χ0v) is 12.4. The number of hydrogen-bond acceptors (Lipinski definition) is 3. The van der Waals surface area contributed by atoms with Crippen molar-refractivity contribution in [1.82, 2.24) is 5.32 Å². The predicted octanol–water partition coefficient (Wildman–Crippen LogP) is 2.59. The molecule has 1 aromatic rings. The number of amides is 1. The monoisotopic (exact) mass is 298 g/mol. The van der Waals surface area contributed by atoms with Crippen molar-refractivity contribution < 1.29 is 4.79 Å². The fourth-order valence-electron chi connectivity index (χ4n) is 2.57. The number of anilines is 1. The minimum Gasteiger partial charge on any atom is -0.325 e. The van der Waals surface area contributed by atoms with Crippen LogP contribution >= 0.6 is 24.2 Å². The third-order valence-corrected chi connectivity index (χ3v) is 4.96. The average molecular weight is 299 g/mol. The summed E-state index contributed by atoms with van der Waals surface area (Å²) in [7, 11) is 0. The lowest BCUT2D eigenvalue weighted by Crippen LogP contribution is -2.25. The highest BCUT2D eigenvalue weighted by atomic mass is 35.5. The second kappa shape index (κ2) is 6.64. The van der Waals surface area contributed by atoms with Crippen molar-refractivity contribution in [2.75, 3.05) is 17.6 Å². The van der Waals surface area contributed by atoms with Crippen LogP contribution in [0.5, 0.6) is 0 Å². The summed E-state index contributed by atoms with van der Waals surface area (Å²) >= 11 is 1.77. The number of rotatable bonds is 2. The highest BCUT2D eigenvalue weighted by Crippen LogP contribution is 2.27. The molecule has 2 N–H and O–H groups in total. The van der Waals surface area contributed by atoms with E-state index in [-0.39, 0.29) is 23.6 Å². The molecule has 2 heterocycles. The summed E-state index contributed by atoms with van der Waals surface area (Å²) in [5, 5.41) is 6.56. The van der Waals surface area contributed by atoms with Gasteiger partial charge >= 0.3 is 0 Å². The Balaban J connectivity index is 0.00000133. The minimum atomic E-state index is 0. The molecule has 3 rings (SSSR count). The maximum absolute atomic E-state index is 12.0. The number of nitrogens with one attached hydrogen (secondary N) is 2. The first-order valence-corrected chi connectivity index (χ1v) is 7.63. The second-order valence-corrected chi connectivity index (χ2v) is 6.21. The first-order valence-electron chi connectivity index (χ1n) is 6.58. The molecule has 0 aliphatic carbocycles. The van der Waals surface area contributed by atoms with Gasteiger partial charge in [0, 0.05) is 12.2 Å². The standard InChI is InChI=1S/C14H18N2OS.ClH/c17-14(13-2-1-7-18-13)16-12-4-3-10-5-6-15-9-11(10)8-12;/h3-4,8,13,15H,1-2,5-7,9H2,(H,16,17);1H. The predicted molar refractivity (Wildman–Crippen MR) is 83.2 cm³/mol. The quantitative estimate of drug-likeness (QED) is 0.882. The highest BCUT2D eigenvalue weighted by Gasteiger charge is 2.23. The van der Waals surface area contributed by atoms with E-state index in [1.165, 1.54) is 11.1 Å². The van der Waals surface area contributed by atoms with Crippen molar-refractivity contribution in [3.63, 3.8) is 0 Å². The maximum atomic E-state index is 12.0. The van der Waals surface area contributed by atoms with Crippen molar-refractivity contribution in [2.45, 2.75) is 31.1 Å². The lowest BCUT2D eigenvalue weighted by atomic mass is 10.0. The fraction of sp³-hybridized carbons (Fsp3) is 0.500. The number of halogens is 1. The average Bonchev–Trinajstić information content (AvgIpc) is 2.92. The number of carbonyl (C=O) groups is 1. The smallest absolute Gasteiger partial charge is 0.237 e. The van der Waals surface area contributed by atoms with Crippen LogP contribution in [0.2, 0.25) is 0 Å². The molecule has 19 heavy (non-hydrogen) atoms. The molecular weight excluding hydrogens is 280 g/mol. The van der Waals surface area contributed by atoms with Crippen LogP contribution in [0.15, 0.2) is 18.2 Å². The number of thioether (sulfide) groups is 1. The number of carbonyl (C=O) groups excluding carboxylic acids is 1. The van der Waals surface area contributed by atoms with Crippen molar-refractivity contribution in [3.05, 3.63) is 29.3 Å². The lowest BCUT2D eigenvalue weighted by Gasteiger charge is -2.18. The van der Waals surface area contributed by atoms with Crippen LogP contribution in [-0.2, 0) is 17.8 Å². The molecule has 0 bridgehead atoms. The van der Waals surface area contributed by atoms with Gasteiger partial charge in [0.15, 0.2) is 0 Å². The van der Waals surface area contributed by atoms with Crippen molar-refractivity contribution in [2.24, 2.45) is 0 Å². The summed E-state index contributed by atoms with van der Waals surface area (Å²) in [6.07, 6.45) is 3.27. The molecule has 5 heteroatoms. The third kappa shape index (κ3) is 3.44. The second-order valence-electron chi connectivity index (χ2n) is 4.90. The van der Waals surface area contributed by atoms with Gasteiger partial charge in [-0.05, 0) is 54.8 Å². The SMILES string of the molecule is Cl.O=C(Nc1ccc2c(c1)CNCC2)C1CCCS1. The van der Waals surface area contributed by atoms with Crippen LogP contribution in [0, 0.1) is 0 Å². The molecule has 0 spiro atoms. The van der Waals surface area contributed by atoms with Gasteiger partial charge in [0.2, 0.25) is 5.91 Å². The molecule has 0 aromatic heterocycles. The van der Waals surface area contributed by atoms with E-state index in [9.17, 15) is 4.79 Å². The van der Waals surface area contributed by atoms with Gasteiger partial charge in [-0.25, -0.2) is 0 Å². The fourth-order valence-corrected chi connectivity index (χ4v) is 3.73. The molecule has 1 amide bonds. The minimum absolute atomic E-state index is 0. The van der Waals surface area contributed by atoms with Gasteiger partial charge in [-0.3, -0.25) is 4.79 Å². The summed E-state index contributed by atoms with van der Waals surface area (Å²) in [5.74, 6) is 1.29. The Labute approximate surface area is 124 Å². The molecule has 104 valence electrons. The topological polar surface area (TPSA) is 41.1 Å². The zero-order valence-electron chi connectivity index (χ0n) is 10.8. The van der Waals surface area contributed by atoms with Gasteiger partial charge in [-0.1, -0.05) is 6.07 Å². The Morgan fingerprint density at radius 2 is 2.26 bits per heavy atom. The van der Waals surface area contributed by atoms with Crippen molar-refractivity contribution >= 4 is 35.8 Å². The first kappa shape index (κ1) is 14.7. The van der Waals surface area contributed by atoms with Gasteiger partial charge < -0.3 is 10.6 Å². The Morgan fingerprint density at radius 1 is 1.37 bits per heavy atom. The van der Waals surface area contributed by atoms with Gasteiger partial charge in [-0.2, -0.15) is 0 Å². The first-order chi connectivity index (χ1) is 8.83. The normalized spacial score (nSPS) is 21.4. The molecular formula is C14H19ClN2OS. The molecule has 1 saturated heterocycles. The Morgan fingerprint density at radius 3 is 3.05 bits per heavy atom. The molecule has 1 fully saturated rings. The summed E-state index contributed by atoms with van der Waals surface area (Å²) < 4.78 is 0. The van der Waals surface area contributed by atoms with Crippen LogP contribution in [0.3, 0.4) is 0 Å². The van der Waals surface area contributed by atoms with E-state index >= 15 is 0 Å². The molecule has 3 nitrogen and oxygen atoms in total. The van der Waals surface area contributed by atoms with Crippen LogP contribution in [0.25, 0.3) is 0 Å². The molecule has 1 aromatic carbocycles. The Hall–Kier alpha value is -0.710. The molecule has 0 saturated carbocycles. The van der Waals surface area contributed by atoms with Crippen LogP contribution in [0.1, 0.15) is 24.0 Å². The van der Waals surface area contributed by atoms with E-state index < -0.39 is 0 Å². The van der Waals surface area contributed by atoms with E-state index in [0.717, 1.165) is 43.8 Å². The molecule has 2 aliphatic heterocycles.